The van der Waals surface area contributed by atoms with Crippen LogP contribution in [0.15, 0.2) is 54.9 Å². The Morgan fingerprint density at radius 2 is 1.61 bits per heavy atom. The van der Waals surface area contributed by atoms with Gasteiger partial charge < -0.3 is 4.98 Å². The van der Waals surface area contributed by atoms with Crippen LogP contribution >= 0.6 is 0 Å². The Labute approximate surface area is 117 Å². The number of imidazole rings is 1. The van der Waals surface area contributed by atoms with E-state index in [0.29, 0.717) is 0 Å². The van der Waals surface area contributed by atoms with E-state index in [4.69, 9.17) is 0 Å². The molecular weight excluding hydrogens is 400 g/mol. The zero-order valence-corrected chi connectivity index (χ0v) is 11.9. The summed E-state index contributed by atoms with van der Waals surface area (Å²) in [6.45, 7) is 0. The Bertz CT molecular complexity index is 849. The second-order valence-corrected chi connectivity index (χ2v) is 4.25. The quantitative estimate of drug-likeness (QED) is 0.438. The van der Waals surface area contributed by atoms with E-state index in [1.165, 1.54) is 21.5 Å². The summed E-state index contributed by atoms with van der Waals surface area (Å²) in [5, 5.41) is 5.04. The molecule has 0 atom stereocenters. The van der Waals surface area contributed by atoms with E-state index in [9.17, 15) is 0 Å². The molecule has 0 bridgehead atoms. The van der Waals surface area contributed by atoms with Crippen LogP contribution in [0.25, 0.3) is 32.6 Å². The van der Waals surface area contributed by atoms with Gasteiger partial charge in [-0.15, -0.1) is 0 Å². The molecule has 0 saturated carbocycles. The van der Waals surface area contributed by atoms with Gasteiger partial charge in [0.05, 0.1) is 17.4 Å². The number of nitrogens with one attached hydrogen (secondary N) is 1. The third-order valence-corrected chi connectivity index (χ3v) is 3.31. The summed E-state index contributed by atoms with van der Waals surface area (Å²) >= 11 is 0. The van der Waals surface area contributed by atoms with Crippen molar-refractivity contribution in [1.82, 2.24) is 9.97 Å². The summed E-state index contributed by atoms with van der Waals surface area (Å²) in [4.78, 5) is 7.55. The van der Waals surface area contributed by atoms with Crippen molar-refractivity contribution in [2.24, 2.45) is 0 Å². The van der Waals surface area contributed by atoms with Gasteiger partial charge >= 0.3 is 0 Å². The van der Waals surface area contributed by atoms with Crippen LogP contribution in [0, 0.1) is 0 Å². The van der Waals surface area contributed by atoms with Crippen LogP contribution in [0.5, 0.6) is 0 Å². The van der Waals surface area contributed by atoms with Crippen LogP contribution in [-0.4, -0.2) is 9.97 Å². The molecule has 18 heavy (non-hydrogen) atoms. The number of nitrogens with zero attached hydrogens (tertiary/aromatic N) is 1. The minimum absolute atomic E-state index is 0. The normalized spacial score (nSPS) is 10.9. The monoisotopic (exact) mass is 411 g/mol. The number of benzene rings is 3. The molecule has 1 aromatic heterocycles. The molecule has 0 aliphatic carbocycles. The zero-order valence-electron chi connectivity index (χ0n) is 9.48. The van der Waals surface area contributed by atoms with Crippen molar-refractivity contribution in [3.8, 4) is 0 Å². The van der Waals surface area contributed by atoms with Crippen molar-refractivity contribution in [2.75, 3.05) is 0 Å². The summed E-state index contributed by atoms with van der Waals surface area (Å²) in [5.41, 5.74) is 2.14. The molecule has 3 aromatic carbocycles. The van der Waals surface area contributed by atoms with Crippen LogP contribution in [0.3, 0.4) is 0 Å². The molecule has 0 spiro atoms. The molecule has 4 rings (SSSR count). The number of hydrogen-bond donors (Lipinski definition) is 1. The van der Waals surface area contributed by atoms with Crippen molar-refractivity contribution in [1.29, 1.82) is 0 Å². The van der Waals surface area contributed by atoms with E-state index in [0.717, 1.165) is 11.0 Å². The van der Waals surface area contributed by atoms with E-state index < -0.39 is 0 Å². The third kappa shape index (κ3) is 1.48. The third-order valence-electron chi connectivity index (χ3n) is 3.31. The van der Waals surface area contributed by atoms with Crippen LogP contribution in [0.4, 0.5) is 0 Å². The minimum atomic E-state index is 0. The zero-order chi connectivity index (χ0) is 11.2. The predicted molar refractivity (Wildman–Crippen MR) is 71.1 cm³/mol. The first kappa shape index (κ1) is 11.4. The average Bonchev–Trinajstić information content (AvgIpc) is 2.86. The van der Waals surface area contributed by atoms with Gasteiger partial charge in [-0.3, -0.25) is 0 Å². The van der Waals surface area contributed by atoms with E-state index in [1.807, 2.05) is 0 Å². The van der Waals surface area contributed by atoms with Crippen LogP contribution in [-0.2, 0) is 20.1 Å². The molecule has 0 fully saturated rings. The number of rotatable bonds is 0. The van der Waals surface area contributed by atoms with Gasteiger partial charge in [-0.05, 0) is 22.2 Å². The first-order valence-corrected chi connectivity index (χ1v) is 5.67. The Hall–Kier alpha value is -1.70. The number of H-pyrrole nitrogens is 1. The van der Waals surface area contributed by atoms with E-state index >= 15 is 0 Å². The largest absolute Gasteiger partial charge is 0.345 e. The number of hydrogen-bond acceptors (Lipinski definition) is 1. The number of aromatic nitrogens is 2. The molecule has 1 radical (unpaired) electrons. The standard InChI is InChI=1S/C15H10N2.Ir/c1-2-4-11-10(3-1)5-6-13-12(11)7-8-14-15(13)17-9-16-14;/h1-9H,(H,16,17);. The molecule has 1 N–H and O–H groups in total. The van der Waals surface area contributed by atoms with Gasteiger partial charge in [0.25, 0.3) is 0 Å². The van der Waals surface area contributed by atoms with Gasteiger partial charge in [0, 0.05) is 25.5 Å². The SMILES string of the molecule is [Ir].c1ccc2c(c1)ccc1c2ccc2[nH]cnc21. The van der Waals surface area contributed by atoms with Gasteiger partial charge in [0.15, 0.2) is 0 Å². The number of aromatic amines is 1. The molecule has 1 heterocycles. The first-order chi connectivity index (χ1) is 8.43. The van der Waals surface area contributed by atoms with Crippen molar-refractivity contribution in [2.45, 2.75) is 0 Å². The molecule has 0 amide bonds. The van der Waals surface area contributed by atoms with E-state index in [2.05, 4.69) is 58.5 Å². The summed E-state index contributed by atoms with van der Waals surface area (Å²) in [7, 11) is 0. The van der Waals surface area contributed by atoms with Crippen molar-refractivity contribution in [3.05, 3.63) is 54.9 Å². The second-order valence-electron chi connectivity index (χ2n) is 4.25. The topological polar surface area (TPSA) is 28.7 Å². The molecule has 4 aromatic rings. The molecular formula is C15H10IrN2. The van der Waals surface area contributed by atoms with E-state index in [1.54, 1.807) is 6.33 Å². The maximum Gasteiger partial charge on any atom is 0.0961 e. The van der Waals surface area contributed by atoms with Gasteiger partial charge in [-0.2, -0.15) is 0 Å². The summed E-state index contributed by atoms with van der Waals surface area (Å²) in [5.74, 6) is 0. The van der Waals surface area contributed by atoms with Gasteiger partial charge in [-0.25, -0.2) is 4.98 Å². The Morgan fingerprint density at radius 3 is 2.56 bits per heavy atom. The van der Waals surface area contributed by atoms with Gasteiger partial charge in [0.1, 0.15) is 0 Å². The molecule has 2 nitrogen and oxygen atoms in total. The number of fused-ring (bicyclic) bond motifs is 5. The second kappa shape index (κ2) is 4.20. The molecule has 0 aliphatic rings. The molecule has 3 heteroatoms. The van der Waals surface area contributed by atoms with Crippen molar-refractivity contribution >= 4 is 32.6 Å². The van der Waals surface area contributed by atoms with Crippen LogP contribution < -0.4 is 0 Å². The van der Waals surface area contributed by atoms with Crippen LogP contribution in [0.2, 0.25) is 0 Å². The maximum atomic E-state index is 4.40. The summed E-state index contributed by atoms with van der Waals surface area (Å²) < 4.78 is 0. The predicted octanol–water partition coefficient (Wildman–Crippen LogP) is 3.87. The maximum absolute atomic E-state index is 4.40. The average molecular weight is 410 g/mol. The minimum Gasteiger partial charge on any atom is -0.345 e. The fraction of sp³-hybridized carbons (Fsp3) is 0. The first-order valence-electron chi connectivity index (χ1n) is 5.67. The fourth-order valence-corrected chi connectivity index (χ4v) is 2.49. The Balaban J connectivity index is 0.000001000. The fourth-order valence-electron chi connectivity index (χ4n) is 2.49. The molecule has 0 unspecified atom stereocenters. The van der Waals surface area contributed by atoms with Gasteiger partial charge in [-0.1, -0.05) is 42.5 Å². The smallest absolute Gasteiger partial charge is 0.0961 e. The van der Waals surface area contributed by atoms with E-state index in [-0.39, 0.29) is 20.1 Å². The summed E-state index contributed by atoms with van der Waals surface area (Å²) in [6, 6.07) is 17.0. The van der Waals surface area contributed by atoms with Crippen molar-refractivity contribution in [3.63, 3.8) is 0 Å². The van der Waals surface area contributed by atoms with Gasteiger partial charge in [0.2, 0.25) is 0 Å². The molecule has 89 valence electrons. The molecule has 0 aliphatic heterocycles. The Kier molecular flexibility index (Phi) is 2.66. The Morgan fingerprint density at radius 1 is 0.778 bits per heavy atom. The summed E-state index contributed by atoms with van der Waals surface area (Å²) in [6.07, 6.45) is 1.75. The molecule has 0 saturated heterocycles. The van der Waals surface area contributed by atoms with Crippen LogP contribution in [0.1, 0.15) is 0 Å². The van der Waals surface area contributed by atoms with Crippen molar-refractivity contribution < 1.29 is 20.1 Å².